The summed E-state index contributed by atoms with van der Waals surface area (Å²) in [6.07, 6.45) is 3.30. The van der Waals surface area contributed by atoms with Crippen molar-refractivity contribution in [3.8, 4) is 0 Å². The summed E-state index contributed by atoms with van der Waals surface area (Å²) in [6.45, 7) is 2.53. The molecule has 0 bridgehead atoms. The van der Waals surface area contributed by atoms with Crippen LogP contribution < -0.4 is 5.32 Å². The van der Waals surface area contributed by atoms with Crippen molar-refractivity contribution in [3.63, 3.8) is 0 Å². The fourth-order valence-corrected chi connectivity index (χ4v) is 3.23. The first-order chi connectivity index (χ1) is 12.2. The SMILES string of the molecule is Cc1csc(NC(=O)c2cnc3c(cnn3Cc3ccccc3)c2)n1. The fourth-order valence-electron chi connectivity index (χ4n) is 2.55. The van der Waals surface area contributed by atoms with E-state index in [1.807, 2.05) is 47.3 Å². The maximum Gasteiger partial charge on any atom is 0.259 e. The lowest BCUT2D eigenvalue weighted by atomic mass is 10.2. The summed E-state index contributed by atoms with van der Waals surface area (Å²) >= 11 is 1.40. The molecule has 3 heterocycles. The summed E-state index contributed by atoms with van der Waals surface area (Å²) in [5.74, 6) is -0.223. The average Bonchev–Trinajstić information content (AvgIpc) is 3.22. The Labute approximate surface area is 148 Å². The summed E-state index contributed by atoms with van der Waals surface area (Å²) in [7, 11) is 0. The van der Waals surface area contributed by atoms with E-state index < -0.39 is 0 Å². The number of amides is 1. The molecular weight excluding hydrogens is 334 g/mol. The predicted molar refractivity (Wildman–Crippen MR) is 97.9 cm³/mol. The summed E-state index contributed by atoms with van der Waals surface area (Å²) in [5.41, 5.74) is 3.27. The monoisotopic (exact) mass is 349 g/mol. The van der Waals surface area contributed by atoms with E-state index in [0.717, 1.165) is 22.3 Å². The number of benzene rings is 1. The molecule has 0 saturated carbocycles. The molecule has 4 rings (SSSR count). The second kappa shape index (κ2) is 6.45. The van der Waals surface area contributed by atoms with E-state index in [1.165, 1.54) is 11.3 Å². The smallest absolute Gasteiger partial charge is 0.259 e. The number of carbonyl (C=O) groups excluding carboxylic acids is 1. The van der Waals surface area contributed by atoms with Crippen LogP contribution in [0.1, 0.15) is 21.6 Å². The van der Waals surface area contributed by atoms with Gasteiger partial charge in [-0.25, -0.2) is 14.6 Å². The number of pyridine rings is 1. The minimum atomic E-state index is -0.223. The van der Waals surface area contributed by atoms with Crippen LogP contribution in [0.15, 0.2) is 54.2 Å². The number of aryl methyl sites for hydroxylation is 1. The van der Waals surface area contributed by atoms with Crippen molar-refractivity contribution in [1.29, 1.82) is 0 Å². The van der Waals surface area contributed by atoms with E-state index in [4.69, 9.17) is 0 Å². The van der Waals surface area contributed by atoms with Crippen LogP contribution >= 0.6 is 11.3 Å². The molecule has 0 unspecified atom stereocenters. The van der Waals surface area contributed by atoms with E-state index in [0.29, 0.717) is 17.2 Å². The molecule has 0 radical (unpaired) electrons. The predicted octanol–water partition coefficient (Wildman–Crippen LogP) is 3.50. The van der Waals surface area contributed by atoms with Gasteiger partial charge in [-0.15, -0.1) is 11.3 Å². The average molecular weight is 349 g/mol. The van der Waals surface area contributed by atoms with Crippen LogP contribution in [0.3, 0.4) is 0 Å². The normalized spacial score (nSPS) is 10.9. The van der Waals surface area contributed by atoms with Crippen molar-refractivity contribution >= 4 is 33.4 Å². The lowest BCUT2D eigenvalue weighted by Crippen LogP contribution is -2.12. The zero-order chi connectivity index (χ0) is 17.2. The van der Waals surface area contributed by atoms with Gasteiger partial charge in [0.15, 0.2) is 10.8 Å². The quantitative estimate of drug-likeness (QED) is 0.612. The van der Waals surface area contributed by atoms with Gasteiger partial charge in [-0.05, 0) is 18.6 Å². The van der Waals surface area contributed by atoms with E-state index in [9.17, 15) is 4.79 Å². The second-order valence-electron chi connectivity index (χ2n) is 5.67. The highest BCUT2D eigenvalue weighted by Gasteiger charge is 2.12. The van der Waals surface area contributed by atoms with Gasteiger partial charge in [-0.2, -0.15) is 5.10 Å². The number of anilines is 1. The Balaban J connectivity index is 1.57. The third-order valence-corrected chi connectivity index (χ3v) is 4.63. The Morgan fingerprint density at radius 1 is 1.24 bits per heavy atom. The molecule has 0 atom stereocenters. The third kappa shape index (κ3) is 3.27. The molecule has 3 aromatic heterocycles. The molecule has 4 aromatic rings. The van der Waals surface area contributed by atoms with Crippen LogP contribution in [0.25, 0.3) is 11.0 Å². The highest BCUT2D eigenvalue weighted by molar-refractivity contribution is 7.13. The Morgan fingerprint density at radius 3 is 2.84 bits per heavy atom. The number of rotatable bonds is 4. The van der Waals surface area contributed by atoms with Crippen molar-refractivity contribution in [2.24, 2.45) is 0 Å². The van der Waals surface area contributed by atoms with Crippen LogP contribution in [0, 0.1) is 6.92 Å². The highest BCUT2D eigenvalue weighted by atomic mass is 32.1. The van der Waals surface area contributed by atoms with Crippen LogP contribution in [0.2, 0.25) is 0 Å². The topological polar surface area (TPSA) is 72.7 Å². The van der Waals surface area contributed by atoms with Gasteiger partial charge >= 0.3 is 0 Å². The number of hydrogen-bond acceptors (Lipinski definition) is 5. The molecule has 1 amide bonds. The van der Waals surface area contributed by atoms with Crippen LogP contribution in [-0.2, 0) is 6.54 Å². The number of hydrogen-bond donors (Lipinski definition) is 1. The third-order valence-electron chi connectivity index (χ3n) is 3.75. The first-order valence-electron chi connectivity index (χ1n) is 7.78. The summed E-state index contributed by atoms with van der Waals surface area (Å²) < 4.78 is 1.83. The molecule has 124 valence electrons. The fraction of sp³-hybridized carbons (Fsp3) is 0.111. The molecule has 6 nitrogen and oxygen atoms in total. The number of thiazole rings is 1. The van der Waals surface area contributed by atoms with Gasteiger partial charge in [0.2, 0.25) is 0 Å². The van der Waals surface area contributed by atoms with Gasteiger partial charge in [0.05, 0.1) is 24.0 Å². The van der Waals surface area contributed by atoms with Gasteiger partial charge < -0.3 is 0 Å². The molecule has 1 N–H and O–H groups in total. The zero-order valence-corrected chi connectivity index (χ0v) is 14.3. The molecule has 7 heteroatoms. The number of nitrogens with one attached hydrogen (secondary N) is 1. The summed E-state index contributed by atoms with van der Waals surface area (Å²) in [5, 5.41) is 10.5. The Bertz CT molecular complexity index is 1040. The molecule has 0 fully saturated rings. The van der Waals surface area contributed by atoms with E-state index in [1.54, 1.807) is 18.5 Å². The highest BCUT2D eigenvalue weighted by Crippen LogP contribution is 2.18. The van der Waals surface area contributed by atoms with Gasteiger partial charge in [0, 0.05) is 17.0 Å². The van der Waals surface area contributed by atoms with Gasteiger partial charge in [0.1, 0.15) is 0 Å². The van der Waals surface area contributed by atoms with Gasteiger partial charge in [-0.3, -0.25) is 10.1 Å². The molecule has 0 saturated heterocycles. The second-order valence-corrected chi connectivity index (χ2v) is 6.53. The number of nitrogens with zero attached hydrogens (tertiary/aromatic N) is 4. The van der Waals surface area contributed by atoms with E-state index >= 15 is 0 Å². The largest absolute Gasteiger partial charge is 0.298 e. The van der Waals surface area contributed by atoms with Crippen molar-refractivity contribution < 1.29 is 4.79 Å². The minimum absolute atomic E-state index is 0.223. The number of fused-ring (bicyclic) bond motifs is 1. The Kier molecular flexibility index (Phi) is 3.99. The first kappa shape index (κ1) is 15.5. The number of carbonyl (C=O) groups is 1. The van der Waals surface area contributed by atoms with E-state index in [2.05, 4.69) is 20.4 Å². The van der Waals surface area contributed by atoms with Crippen LogP contribution in [0.5, 0.6) is 0 Å². The molecule has 0 aliphatic rings. The molecule has 0 aliphatic carbocycles. The molecular formula is C18H15N5OS. The molecule has 0 spiro atoms. The minimum Gasteiger partial charge on any atom is -0.298 e. The summed E-state index contributed by atoms with van der Waals surface area (Å²) in [6, 6.07) is 11.9. The van der Waals surface area contributed by atoms with Crippen molar-refractivity contribution in [3.05, 3.63) is 71.0 Å². The van der Waals surface area contributed by atoms with Crippen molar-refractivity contribution in [2.75, 3.05) is 5.32 Å². The van der Waals surface area contributed by atoms with Gasteiger partial charge in [0.25, 0.3) is 5.91 Å². The van der Waals surface area contributed by atoms with Crippen LogP contribution in [0.4, 0.5) is 5.13 Å². The molecule has 0 aliphatic heterocycles. The van der Waals surface area contributed by atoms with Crippen molar-refractivity contribution in [2.45, 2.75) is 13.5 Å². The lowest BCUT2D eigenvalue weighted by molar-refractivity contribution is 0.102. The zero-order valence-electron chi connectivity index (χ0n) is 13.5. The van der Waals surface area contributed by atoms with Gasteiger partial charge in [-0.1, -0.05) is 30.3 Å². The molecule has 1 aromatic carbocycles. The molecule has 25 heavy (non-hydrogen) atoms. The standard InChI is InChI=1S/C18H15N5OS/c1-12-11-25-18(21-12)22-17(24)15-7-14-9-20-23(16(14)19-8-15)10-13-5-3-2-4-6-13/h2-9,11H,10H2,1H3,(H,21,22,24). The van der Waals surface area contributed by atoms with Crippen molar-refractivity contribution in [1.82, 2.24) is 19.7 Å². The maximum atomic E-state index is 12.4. The Morgan fingerprint density at radius 2 is 2.08 bits per heavy atom. The van der Waals surface area contributed by atoms with Crippen LogP contribution in [-0.4, -0.2) is 25.7 Å². The summed E-state index contributed by atoms with van der Waals surface area (Å²) in [4.78, 5) is 21.0. The Hall–Kier alpha value is -3.06. The lowest BCUT2D eigenvalue weighted by Gasteiger charge is -2.04. The first-order valence-corrected chi connectivity index (χ1v) is 8.66. The maximum absolute atomic E-state index is 12.4. The number of aromatic nitrogens is 4. The van der Waals surface area contributed by atoms with E-state index in [-0.39, 0.29) is 5.91 Å².